The lowest BCUT2D eigenvalue weighted by molar-refractivity contribution is -0.119. The van der Waals surface area contributed by atoms with E-state index < -0.39 is 24.5 Å². The lowest BCUT2D eigenvalue weighted by Gasteiger charge is -2.08. The maximum atomic E-state index is 11.9. The molecule has 0 aliphatic carbocycles. The minimum Gasteiger partial charge on any atom is -0.462 e. The summed E-state index contributed by atoms with van der Waals surface area (Å²) in [6, 6.07) is 14.0. The second kappa shape index (κ2) is 9.73. The molecule has 0 unspecified atom stereocenters. The summed E-state index contributed by atoms with van der Waals surface area (Å²) in [5, 5.41) is 11.3. The maximum Gasteiger partial charge on any atom is 0.338 e. The van der Waals surface area contributed by atoms with E-state index in [0.717, 1.165) is 6.42 Å². The number of anilines is 1. The third-order valence-electron chi connectivity index (χ3n) is 3.43. The van der Waals surface area contributed by atoms with Crippen LogP contribution in [0, 0.1) is 11.3 Å². The monoisotopic (exact) mass is 366 g/mol. The molecule has 0 saturated carbocycles. The Hall–Kier alpha value is -3.66. The highest BCUT2D eigenvalue weighted by atomic mass is 16.5. The van der Waals surface area contributed by atoms with Gasteiger partial charge in [0.1, 0.15) is 0 Å². The van der Waals surface area contributed by atoms with Crippen molar-refractivity contribution in [2.75, 3.05) is 18.5 Å². The highest BCUT2D eigenvalue weighted by Crippen LogP contribution is 2.11. The van der Waals surface area contributed by atoms with Crippen LogP contribution in [0.1, 0.15) is 39.6 Å². The molecule has 0 spiro atoms. The van der Waals surface area contributed by atoms with Crippen LogP contribution in [0.4, 0.5) is 5.69 Å². The zero-order chi connectivity index (χ0) is 19.6. The van der Waals surface area contributed by atoms with Crippen LogP contribution in [-0.2, 0) is 14.3 Å². The van der Waals surface area contributed by atoms with Gasteiger partial charge in [-0.2, -0.15) is 5.26 Å². The van der Waals surface area contributed by atoms with Crippen molar-refractivity contribution in [2.45, 2.75) is 13.3 Å². The Morgan fingerprint density at radius 2 is 1.48 bits per heavy atom. The molecule has 7 heteroatoms. The van der Waals surface area contributed by atoms with E-state index in [2.05, 4.69) is 5.32 Å². The number of esters is 2. The molecule has 0 aliphatic rings. The van der Waals surface area contributed by atoms with Gasteiger partial charge in [-0.05, 0) is 55.0 Å². The predicted octanol–water partition coefficient (Wildman–Crippen LogP) is 2.92. The summed E-state index contributed by atoms with van der Waals surface area (Å²) >= 11 is 0. The summed E-state index contributed by atoms with van der Waals surface area (Å²) in [5.74, 6) is -1.60. The quantitative estimate of drug-likeness (QED) is 0.755. The van der Waals surface area contributed by atoms with Crippen molar-refractivity contribution in [3.8, 4) is 6.07 Å². The molecule has 0 fully saturated rings. The Balaban J connectivity index is 1.83. The van der Waals surface area contributed by atoms with Gasteiger partial charge < -0.3 is 14.8 Å². The van der Waals surface area contributed by atoms with Crippen molar-refractivity contribution in [2.24, 2.45) is 0 Å². The summed E-state index contributed by atoms with van der Waals surface area (Å²) in [7, 11) is 0. The number of ether oxygens (including phenoxy) is 2. The third kappa shape index (κ3) is 5.97. The fourth-order valence-corrected chi connectivity index (χ4v) is 2.06. The average Bonchev–Trinajstić information content (AvgIpc) is 2.70. The Bertz CT molecular complexity index is 851. The molecule has 138 valence electrons. The van der Waals surface area contributed by atoms with E-state index in [1.165, 1.54) is 36.4 Å². The van der Waals surface area contributed by atoms with Gasteiger partial charge >= 0.3 is 11.9 Å². The highest BCUT2D eigenvalue weighted by Gasteiger charge is 2.11. The number of nitriles is 1. The van der Waals surface area contributed by atoms with E-state index in [-0.39, 0.29) is 5.56 Å². The molecule has 0 saturated heterocycles. The molecule has 7 nitrogen and oxygen atoms in total. The fourth-order valence-electron chi connectivity index (χ4n) is 2.06. The number of hydrogen-bond donors (Lipinski definition) is 1. The van der Waals surface area contributed by atoms with Crippen LogP contribution in [0.5, 0.6) is 0 Å². The van der Waals surface area contributed by atoms with Gasteiger partial charge in [-0.3, -0.25) is 4.79 Å². The van der Waals surface area contributed by atoms with E-state index in [0.29, 0.717) is 23.4 Å². The zero-order valence-electron chi connectivity index (χ0n) is 14.7. The van der Waals surface area contributed by atoms with Gasteiger partial charge in [0.25, 0.3) is 5.91 Å². The number of carbonyl (C=O) groups excluding carboxylic acids is 3. The molecule has 1 amide bonds. The van der Waals surface area contributed by atoms with E-state index in [1.54, 1.807) is 12.1 Å². The van der Waals surface area contributed by atoms with Gasteiger partial charge in [-0.1, -0.05) is 6.92 Å². The van der Waals surface area contributed by atoms with Gasteiger partial charge in [0, 0.05) is 5.69 Å². The summed E-state index contributed by atoms with van der Waals surface area (Å²) in [5.41, 5.74) is 1.51. The summed E-state index contributed by atoms with van der Waals surface area (Å²) in [6.45, 7) is 1.79. The van der Waals surface area contributed by atoms with Crippen LogP contribution in [0.3, 0.4) is 0 Å². The van der Waals surface area contributed by atoms with Crippen molar-refractivity contribution in [3.63, 3.8) is 0 Å². The first kappa shape index (κ1) is 19.7. The molecule has 0 aromatic heterocycles. The van der Waals surface area contributed by atoms with E-state index in [9.17, 15) is 14.4 Å². The zero-order valence-corrected chi connectivity index (χ0v) is 14.7. The second-order valence-electron chi connectivity index (χ2n) is 5.53. The molecule has 2 aromatic rings. The van der Waals surface area contributed by atoms with Crippen molar-refractivity contribution in [1.82, 2.24) is 0 Å². The van der Waals surface area contributed by atoms with E-state index in [1.807, 2.05) is 13.0 Å². The lowest BCUT2D eigenvalue weighted by atomic mass is 10.1. The molecule has 0 radical (unpaired) electrons. The number of amides is 1. The molecule has 0 heterocycles. The van der Waals surface area contributed by atoms with E-state index in [4.69, 9.17) is 14.7 Å². The molecule has 0 bridgehead atoms. The Morgan fingerprint density at radius 1 is 0.926 bits per heavy atom. The largest absolute Gasteiger partial charge is 0.462 e. The number of nitrogens with zero attached hydrogens (tertiary/aromatic N) is 1. The van der Waals surface area contributed by atoms with E-state index >= 15 is 0 Å². The molecule has 2 rings (SSSR count). The second-order valence-corrected chi connectivity index (χ2v) is 5.53. The minimum atomic E-state index is -0.663. The first-order valence-electron chi connectivity index (χ1n) is 8.27. The van der Waals surface area contributed by atoms with Crippen molar-refractivity contribution in [3.05, 3.63) is 65.2 Å². The number of nitrogens with one attached hydrogen (secondary N) is 1. The fraction of sp³-hybridized carbons (Fsp3) is 0.200. The number of carbonyl (C=O) groups is 3. The first-order valence-corrected chi connectivity index (χ1v) is 8.27. The van der Waals surface area contributed by atoms with Gasteiger partial charge in [-0.25, -0.2) is 9.59 Å². The lowest BCUT2D eigenvalue weighted by Crippen LogP contribution is -2.21. The standard InChI is InChI=1S/C20H18N2O5/c1-2-11-26-19(24)16-7-9-17(10-8-16)22-18(23)13-27-20(25)15-5-3-14(12-21)4-6-15/h3-10H,2,11,13H2,1H3,(H,22,23). The molecular formula is C20H18N2O5. The SMILES string of the molecule is CCCOC(=O)c1ccc(NC(=O)COC(=O)c2ccc(C#N)cc2)cc1. The van der Waals surface area contributed by atoms with Crippen molar-refractivity contribution < 1.29 is 23.9 Å². The van der Waals surface area contributed by atoms with Gasteiger partial charge in [-0.15, -0.1) is 0 Å². The molecule has 27 heavy (non-hydrogen) atoms. The van der Waals surface area contributed by atoms with Crippen LogP contribution >= 0.6 is 0 Å². The van der Waals surface area contributed by atoms with Crippen LogP contribution in [-0.4, -0.2) is 31.1 Å². The average molecular weight is 366 g/mol. The van der Waals surface area contributed by atoms with Crippen molar-refractivity contribution in [1.29, 1.82) is 5.26 Å². The van der Waals surface area contributed by atoms with Gasteiger partial charge in [0.15, 0.2) is 6.61 Å². The third-order valence-corrected chi connectivity index (χ3v) is 3.43. The molecule has 2 aromatic carbocycles. The molecular weight excluding hydrogens is 348 g/mol. The molecule has 1 N–H and O–H groups in total. The number of rotatable bonds is 7. The summed E-state index contributed by atoms with van der Waals surface area (Å²) in [6.07, 6.45) is 0.737. The minimum absolute atomic E-state index is 0.247. The van der Waals surface area contributed by atoms with Crippen LogP contribution in [0.25, 0.3) is 0 Å². The van der Waals surface area contributed by atoms with Gasteiger partial charge in [0.05, 0.1) is 29.4 Å². The maximum absolute atomic E-state index is 11.9. The smallest absolute Gasteiger partial charge is 0.338 e. The number of hydrogen-bond acceptors (Lipinski definition) is 6. The molecule has 0 aliphatic heterocycles. The highest BCUT2D eigenvalue weighted by molar-refractivity contribution is 5.96. The summed E-state index contributed by atoms with van der Waals surface area (Å²) in [4.78, 5) is 35.5. The Morgan fingerprint density at radius 3 is 2.04 bits per heavy atom. The normalized spacial score (nSPS) is 9.78. The predicted molar refractivity (Wildman–Crippen MR) is 97.1 cm³/mol. The Labute approximate surface area is 156 Å². The van der Waals surface area contributed by atoms with Gasteiger partial charge in [0.2, 0.25) is 0 Å². The Kier molecular flexibility index (Phi) is 7.08. The van der Waals surface area contributed by atoms with Crippen LogP contribution < -0.4 is 5.32 Å². The topological polar surface area (TPSA) is 105 Å². The van der Waals surface area contributed by atoms with Crippen LogP contribution in [0.15, 0.2) is 48.5 Å². The number of benzene rings is 2. The summed E-state index contributed by atoms with van der Waals surface area (Å²) < 4.78 is 9.95. The van der Waals surface area contributed by atoms with Crippen molar-refractivity contribution >= 4 is 23.5 Å². The first-order chi connectivity index (χ1) is 13.0. The van der Waals surface area contributed by atoms with Crippen LogP contribution in [0.2, 0.25) is 0 Å². The molecule has 0 atom stereocenters.